The quantitative estimate of drug-likeness (QED) is 0.427. The largest absolute Gasteiger partial charge is 0.368 e. The first-order valence-corrected chi connectivity index (χ1v) is 11.6. The predicted octanol–water partition coefficient (Wildman–Crippen LogP) is 3.54. The Labute approximate surface area is 207 Å². The van der Waals surface area contributed by atoms with E-state index in [0.717, 1.165) is 49.0 Å². The molecule has 8 nitrogen and oxygen atoms in total. The number of halogens is 1. The van der Waals surface area contributed by atoms with E-state index in [1.165, 1.54) is 6.07 Å². The summed E-state index contributed by atoms with van der Waals surface area (Å²) in [4.78, 5) is 34.5. The fourth-order valence-electron chi connectivity index (χ4n) is 3.91. The third-order valence-corrected chi connectivity index (χ3v) is 5.92. The number of hydrogen-bond acceptors (Lipinski definition) is 6. The van der Waals surface area contributed by atoms with E-state index in [4.69, 9.17) is 11.6 Å². The fraction of sp³-hybridized carbons (Fsp3) is 0.154. The first-order chi connectivity index (χ1) is 17.1. The molecule has 0 aliphatic carbocycles. The molecule has 2 aliphatic rings. The average Bonchev–Trinajstić information content (AvgIpc) is 3.59. The highest BCUT2D eigenvalue weighted by Crippen LogP contribution is 2.22. The van der Waals surface area contributed by atoms with Crippen LogP contribution in [0.2, 0.25) is 5.02 Å². The Hall–Kier alpha value is -4.17. The molecule has 3 aromatic rings. The smallest absolute Gasteiger partial charge is 0.257 e. The molecule has 0 saturated carbocycles. The summed E-state index contributed by atoms with van der Waals surface area (Å²) < 4.78 is 0. The zero-order chi connectivity index (χ0) is 24.2. The van der Waals surface area contributed by atoms with E-state index in [1.807, 2.05) is 36.4 Å². The van der Waals surface area contributed by atoms with Crippen LogP contribution in [0.3, 0.4) is 0 Å². The lowest BCUT2D eigenvalue weighted by molar-refractivity contribution is 0.101. The van der Waals surface area contributed by atoms with Gasteiger partial charge in [-0.1, -0.05) is 35.9 Å². The lowest BCUT2D eigenvalue weighted by Crippen LogP contribution is -2.20. The molecule has 9 heteroatoms. The number of carbonyl (C=O) groups excluding carboxylic acids is 2. The normalized spacial score (nSPS) is 14.4. The van der Waals surface area contributed by atoms with Crippen LogP contribution < -0.4 is 21.3 Å². The number of nitrogens with zero attached hydrogens (tertiary/aromatic N) is 2. The van der Waals surface area contributed by atoms with Gasteiger partial charge in [0.25, 0.3) is 11.8 Å². The minimum absolute atomic E-state index is 0.186. The van der Waals surface area contributed by atoms with Gasteiger partial charge in [-0.05, 0) is 42.5 Å². The Morgan fingerprint density at radius 3 is 1.83 bits per heavy atom. The summed E-state index contributed by atoms with van der Waals surface area (Å²) in [6, 6.07) is 19.5. The topological polar surface area (TPSA) is 107 Å². The molecule has 35 heavy (non-hydrogen) atoms. The first kappa shape index (κ1) is 22.6. The second kappa shape index (κ2) is 9.99. The molecule has 0 atom stereocenters. The lowest BCUT2D eigenvalue weighted by Gasteiger charge is -2.11. The molecule has 0 bridgehead atoms. The molecule has 2 amide bonds. The first-order valence-electron chi connectivity index (χ1n) is 11.3. The van der Waals surface area contributed by atoms with E-state index in [9.17, 15) is 9.59 Å². The fourth-order valence-corrected chi connectivity index (χ4v) is 4.18. The van der Waals surface area contributed by atoms with Gasteiger partial charge in [-0.3, -0.25) is 19.6 Å². The van der Waals surface area contributed by atoms with Crippen LogP contribution in [0.5, 0.6) is 0 Å². The Morgan fingerprint density at radius 2 is 1.31 bits per heavy atom. The van der Waals surface area contributed by atoms with Crippen molar-refractivity contribution in [2.75, 3.05) is 36.8 Å². The summed E-state index contributed by atoms with van der Waals surface area (Å²) in [6.07, 6.45) is 0. The maximum atomic E-state index is 12.8. The number of anilines is 2. The highest BCUT2D eigenvalue weighted by atomic mass is 35.5. The van der Waals surface area contributed by atoms with Crippen molar-refractivity contribution in [3.8, 4) is 0 Å². The van der Waals surface area contributed by atoms with Crippen molar-refractivity contribution in [1.29, 1.82) is 0 Å². The number of nitrogens with one attached hydrogen (secondary N) is 4. The van der Waals surface area contributed by atoms with Crippen LogP contribution in [0.25, 0.3) is 0 Å². The van der Waals surface area contributed by atoms with Crippen molar-refractivity contribution in [2.45, 2.75) is 0 Å². The zero-order valence-corrected chi connectivity index (χ0v) is 19.5. The van der Waals surface area contributed by atoms with Gasteiger partial charge >= 0.3 is 0 Å². The maximum absolute atomic E-state index is 12.8. The van der Waals surface area contributed by atoms with Crippen LogP contribution in [-0.2, 0) is 0 Å². The minimum atomic E-state index is -0.363. The van der Waals surface area contributed by atoms with Gasteiger partial charge in [0.1, 0.15) is 11.7 Å². The number of hydrogen-bond donors (Lipinski definition) is 4. The van der Waals surface area contributed by atoms with Crippen molar-refractivity contribution < 1.29 is 9.59 Å². The van der Waals surface area contributed by atoms with Crippen molar-refractivity contribution >= 4 is 46.5 Å². The number of benzene rings is 3. The van der Waals surface area contributed by atoms with E-state index in [-0.39, 0.29) is 22.4 Å². The number of amidine groups is 2. The van der Waals surface area contributed by atoms with Crippen molar-refractivity contribution in [3.05, 3.63) is 94.0 Å². The molecule has 0 unspecified atom stereocenters. The molecular weight excluding hydrogens is 464 g/mol. The van der Waals surface area contributed by atoms with Gasteiger partial charge in [-0.15, -0.1) is 0 Å². The van der Waals surface area contributed by atoms with Gasteiger partial charge in [-0.2, -0.15) is 0 Å². The summed E-state index contributed by atoms with van der Waals surface area (Å²) in [5.74, 6) is 0.943. The lowest BCUT2D eigenvalue weighted by atomic mass is 10.1. The zero-order valence-electron chi connectivity index (χ0n) is 18.8. The van der Waals surface area contributed by atoms with Crippen LogP contribution in [0, 0.1) is 0 Å². The van der Waals surface area contributed by atoms with Gasteiger partial charge < -0.3 is 21.3 Å². The SMILES string of the molecule is O=C(Nc1cccc(C2=NCCN2)c1)c1ccc(C(=O)Nc2cccc(C3=NCCN3)c2)c(Cl)c1. The molecule has 2 aliphatic heterocycles. The third kappa shape index (κ3) is 5.17. The Balaban J connectivity index is 1.27. The Kier molecular flexibility index (Phi) is 6.45. The Bertz CT molecular complexity index is 1370. The molecule has 5 rings (SSSR count). The third-order valence-electron chi connectivity index (χ3n) is 5.61. The number of carbonyl (C=O) groups is 2. The number of amides is 2. The summed E-state index contributed by atoms with van der Waals surface area (Å²) in [6.45, 7) is 3.09. The molecule has 0 spiro atoms. The molecule has 3 aromatic carbocycles. The minimum Gasteiger partial charge on any atom is -0.368 e. The molecule has 0 fully saturated rings. The van der Waals surface area contributed by atoms with E-state index in [2.05, 4.69) is 31.3 Å². The van der Waals surface area contributed by atoms with Gasteiger partial charge in [0.2, 0.25) is 0 Å². The van der Waals surface area contributed by atoms with E-state index in [0.29, 0.717) is 16.9 Å². The van der Waals surface area contributed by atoms with Crippen LogP contribution in [-0.4, -0.2) is 49.7 Å². The number of aliphatic imine (C=N–C) groups is 2. The molecular formula is C26H23ClN6O2. The summed E-state index contributed by atoms with van der Waals surface area (Å²) in [5.41, 5.74) is 3.70. The molecule has 2 heterocycles. The summed E-state index contributed by atoms with van der Waals surface area (Å²) in [5, 5.41) is 12.4. The van der Waals surface area contributed by atoms with Gasteiger partial charge in [0.15, 0.2) is 0 Å². The second-order valence-electron chi connectivity index (χ2n) is 8.08. The van der Waals surface area contributed by atoms with Crippen molar-refractivity contribution in [2.24, 2.45) is 9.98 Å². The van der Waals surface area contributed by atoms with Crippen LogP contribution in [0.4, 0.5) is 11.4 Å². The predicted molar refractivity (Wildman–Crippen MR) is 139 cm³/mol. The maximum Gasteiger partial charge on any atom is 0.257 e. The van der Waals surface area contributed by atoms with Crippen molar-refractivity contribution in [3.63, 3.8) is 0 Å². The highest BCUT2D eigenvalue weighted by Gasteiger charge is 2.16. The summed E-state index contributed by atoms with van der Waals surface area (Å²) >= 11 is 6.39. The van der Waals surface area contributed by atoms with E-state index in [1.54, 1.807) is 24.3 Å². The molecule has 176 valence electrons. The van der Waals surface area contributed by atoms with Crippen LogP contribution >= 0.6 is 11.6 Å². The van der Waals surface area contributed by atoms with E-state index >= 15 is 0 Å². The van der Waals surface area contributed by atoms with Gasteiger partial charge in [0, 0.05) is 41.2 Å². The van der Waals surface area contributed by atoms with Gasteiger partial charge in [-0.25, -0.2) is 0 Å². The van der Waals surface area contributed by atoms with Crippen molar-refractivity contribution in [1.82, 2.24) is 10.6 Å². The monoisotopic (exact) mass is 486 g/mol. The van der Waals surface area contributed by atoms with Crippen LogP contribution in [0.1, 0.15) is 31.8 Å². The van der Waals surface area contributed by atoms with E-state index < -0.39 is 0 Å². The average molecular weight is 487 g/mol. The summed E-state index contributed by atoms with van der Waals surface area (Å²) in [7, 11) is 0. The Morgan fingerprint density at radius 1 is 0.743 bits per heavy atom. The second-order valence-corrected chi connectivity index (χ2v) is 8.49. The standard InChI is InChI=1S/C26H23ClN6O2/c27-22-15-18(25(34)32-19-5-1-3-16(13-19)23-28-9-10-29-23)7-8-21(22)26(35)33-20-6-2-4-17(14-20)24-30-11-12-31-24/h1-8,13-15H,9-12H2,(H,28,29)(H,30,31)(H,32,34)(H,33,35). The highest BCUT2D eigenvalue weighted by molar-refractivity contribution is 6.35. The molecule has 0 radical (unpaired) electrons. The van der Waals surface area contributed by atoms with Gasteiger partial charge in [0.05, 0.1) is 23.7 Å². The van der Waals surface area contributed by atoms with Crippen LogP contribution in [0.15, 0.2) is 76.7 Å². The molecule has 0 aromatic heterocycles. The molecule has 4 N–H and O–H groups in total. The molecule has 0 saturated heterocycles. The number of rotatable bonds is 6.